The van der Waals surface area contributed by atoms with Crippen LogP contribution in [0.4, 0.5) is 9.59 Å². The summed E-state index contributed by atoms with van der Waals surface area (Å²) in [5, 5.41) is 2.13. The molecular weight excluding hydrogens is 383 g/mol. The van der Waals surface area contributed by atoms with E-state index in [-0.39, 0.29) is 21.5 Å². The predicted molar refractivity (Wildman–Crippen MR) is 97.5 cm³/mol. The van der Waals surface area contributed by atoms with Crippen LogP contribution in [-0.4, -0.2) is 26.5 Å². The van der Waals surface area contributed by atoms with Gasteiger partial charge in [0, 0.05) is 21.5 Å². The summed E-state index contributed by atoms with van der Waals surface area (Å²) in [6.45, 7) is 0. The third-order valence-electron chi connectivity index (χ3n) is 3.67. The van der Waals surface area contributed by atoms with Crippen molar-refractivity contribution in [2.45, 2.75) is 0 Å². The summed E-state index contributed by atoms with van der Waals surface area (Å²) in [4.78, 5) is 23.5. The van der Waals surface area contributed by atoms with Crippen molar-refractivity contribution in [3.63, 3.8) is 0 Å². The number of methoxy groups -OCH3 is 2. The van der Waals surface area contributed by atoms with Gasteiger partial charge in [0.05, 0.1) is 24.3 Å². The first kappa shape index (κ1) is 18.1. The van der Waals surface area contributed by atoms with Crippen LogP contribution in [0, 0.1) is 0 Å². The van der Waals surface area contributed by atoms with Gasteiger partial charge in [-0.25, -0.2) is 9.59 Å². The minimum atomic E-state index is -0.936. The highest BCUT2D eigenvalue weighted by Crippen LogP contribution is 2.47. The van der Waals surface area contributed by atoms with Gasteiger partial charge in [0.1, 0.15) is 0 Å². The Kier molecular flexibility index (Phi) is 5.06. The zero-order valence-electron chi connectivity index (χ0n) is 13.7. The highest BCUT2D eigenvalue weighted by molar-refractivity contribution is 6.40. The molecule has 3 aromatic rings. The molecule has 26 heavy (non-hydrogen) atoms. The van der Waals surface area contributed by atoms with Gasteiger partial charge in [-0.2, -0.15) is 0 Å². The van der Waals surface area contributed by atoms with Crippen molar-refractivity contribution < 1.29 is 28.5 Å². The summed E-state index contributed by atoms with van der Waals surface area (Å²) in [7, 11) is 2.38. The van der Waals surface area contributed by atoms with Crippen LogP contribution in [0.15, 0.2) is 36.4 Å². The molecule has 3 aromatic carbocycles. The van der Waals surface area contributed by atoms with Crippen LogP contribution in [0.3, 0.4) is 0 Å². The molecule has 0 saturated heterocycles. The molecule has 0 saturated carbocycles. The lowest BCUT2D eigenvalue weighted by molar-refractivity contribution is 0.120. The first-order chi connectivity index (χ1) is 12.5. The maximum absolute atomic E-state index is 11.8. The number of hydrogen-bond acceptors (Lipinski definition) is 6. The molecule has 0 bridgehead atoms. The van der Waals surface area contributed by atoms with Gasteiger partial charge in [0.25, 0.3) is 0 Å². The number of ether oxygens (including phenoxy) is 4. The van der Waals surface area contributed by atoms with Gasteiger partial charge in [0.15, 0.2) is 11.5 Å². The second-order valence-electron chi connectivity index (χ2n) is 5.10. The largest absolute Gasteiger partial charge is 0.513 e. The van der Waals surface area contributed by atoms with E-state index in [1.54, 1.807) is 36.4 Å². The van der Waals surface area contributed by atoms with Gasteiger partial charge in [-0.3, -0.25) is 0 Å². The van der Waals surface area contributed by atoms with Crippen molar-refractivity contribution in [1.82, 2.24) is 0 Å². The maximum atomic E-state index is 11.8. The van der Waals surface area contributed by atoms with E-state index in [0.29, 0.717) is 21.5 Å². The number of carbonyl (C=O) groups is 2. The Morgan fingerprint density at radius 3 is 1.58 bits per heavy atom. The lowest BCUT2D eigenvalue weighted by atomic mass is 10.0. The number of halogens is 2. The third-order valence-corrected chi connectivity index (χ3v) is 4.30. The van der Waals surface area contributed by atoms with E-state index in [4.69, 9.17) is 32.7 Å². The van der Waals surface area contributed by atoms with E-state index in [0.717, 1.165) is 0 Å². The Hall–Kier alpha value is -2.70. The van der Waals surface area contributed by atoms with Crippen molar-refractivity contribution in [2.24, 2.45) is 0 Å². The molecule has 0 aliphatic heterocycles. The number of hydrogen-bond donors (Lipinski definition) is 0. The Morgan fingerprint density at radius 1 is 0.731 bits per heavy atom. The SMILES string of the molecule is COC(=O)Oc1c2cccc(Cl)c2c(OC(=O)OC)c2c(Cl)cccc12. The molecule has 0 fully saturated rings. The van der Waals surface area contributed by atoms with Gasteiger partial charge in [0.2, 0.25) is 0 Å². The van der Waals surface area contributed by atoms with Crippen LogP contribution >= 0.6 is 23.2 Å². The molecule has 6 nitrogen and oxygen atoms in total. The fourth-order valence-electron chi connectivity index (χ4n) is 2.62. The second-order valence-corrected chi connectivity index (χ2v) is 5.91. The fourth-order valence-corrected chi connectivity index (χ4v) is 3.14. The molecule has 0 spiro atoms. The highest BCUT2D eigenvalue weighted by Gasteiger charge is 2.23. The fraction of sp³-hybridized carbons (Fsp3) is 0.111. The summed E-state index contributed by atoms with van der Waals surface area (Å²) in [5.74, 6) is 0.291. The lowest BCUT2D eigenvalue weighted by Gasteiger charge is -2.17. The Balaban J connectivity index is 2.49. The van der Waals surface area contributed by atoms with Crippen molar-refractivity contribution in [2.75, 3.05) is 14.2 Å². The molecule has 8 heteroatoms. The number of benzene rings is 3. The van der Waals surface area contributed by atoms with Gasteiger partial charge >= 0.3 is 12.3 Å². The summed E-state index contributed by atoms with van der Waals surface area (Å²) in [6, 6.07) is 9.91. The van der Waals surface area contributed by atoms with Crippen molar-refractivity contribution in [3.8, 4) is 11.5 Å². The van der Waals surface area contributed by atoms with E-state index in [1.807, 2.05) is 0 Å². The first-order valence-electron chi connectivity index (χ1n) is 7.32. The van der Waals surface area contributed by atoms with E-state index in [9.17, 15) is 9.59 Å². The Labute approximate surface area is 158 Å². The standard InChI is InChI=1S/C18H12Cl2O6/c1-23-17(21)25-15-9-5-3-7-11(19)13(9)16(26-18(22)24-2)14-10(15)6-4-8-12(14)20/h3-8H,1-2H3. The molecule has 134 valence electrons. The normalized spacial score (nSPS) is 10.6. The average molecular weight is 395 g/mol. The molecule has 0 aromatic heterocycles. The summed E-state index contributed by atoms with van der Waals surface area (Å²) in [5.41, 5.74) is 0. The monoisotopic (exact) mass is 394 g/mol. The first-order valence-corrected chi connectivity index (χ1v) is 8.07. The van der Waals surface area contributed by atoms with Crippen LogP contribution < -0.4 is 9.47 Å². The molecule has 0 atom stereocenters. The third kappa shape index (κ3) is 3.09. The topological polar surface area (TPSA) is 71.1 Å². The highest BCUT2D eigenvalue weighted by atomic mass is 35.5. The van der Waals surface area contributed by atoms with Crippen LogP contribution in [0.2, 0.25) is 10.0 Å². The molecule has 3 rings (SSSR count). The van der Waals surface area contributed by atoms with Crippen LogP contribution in [0.25, 0.3) is 21.5 Å². The van der Waals surface area contributed by atoms with E-state index < -0.39 is 12.3 Å². The van der Waals surface area contributed by atoms with E-state index in [1.165, 1.54) is 14.2 Å². The molecule has 0 N–H and O–H groups in total. The van der Waals surface area contributed by atoms with Gasteiger partial charge in [-0.15, -0.1) is 0 Å². The predicted octanol–water partition coefficient (Wildman–Crippen LogP) is 5.59. The van der Waals surface area contributed by atoms with Crippen molar-refractivity contribution in [1.29, 1.82) is 0 Å². The minimum absolute atomic E-state index is 0.107. The summed E-state index contributed by atoms with van der Waals surface area (Å²) in [6.07, 6.45) is -1.84. The van der Waals surface area contributed by atoms with Crippen molar-refractivity contribution >= 4 is 57.1 Å². The summed E-state index contributed by atoms with van der Waals surface area (Å²) >= 11 is 12.7. The molecule has 0 aliphatic carbocycles. The number of fused-ring (bicyclic) bond motifs is 2. The zero-order chi connectivity index (χ0) is 18.8. The second kappa shape index (κ2) is 7.27. The summed E-state index contributed by atoms with van der Waals surface area (Å²) < 4.78 is 19.9. The lowest BCUT2D eigenvalue weighted by Crippen LogP contribution is -2.10. The van der Waals surface area contributed by atoms with Gasteiger partial charge in [-0.05, 0) is 12.1 Å². The van der Waals surface area contributed by atoms with E-state index in [2.05, 4.69) is 9.47 Å². The van der Waals surface area contributed by atoms with Crippen LogP contribution in [-0.2, 0) is 9.47 Å². The van der Waals surface area contributed by atoms with Crippen LogP contribution in [0.1, 0.15) is 0 Å². The number of rotatable bonds is 2. The minimum Gasteiger partial charge on any atom is -0.437 e. The van der Waals surface area contributed by atoms with Crippen molar-refractivity contribution in [3.05, 3.63) is 46.4 Å². The molecule has 0 aliphatic rings. The Bertz CT molecular complexity index is 968. The number of carbonyl (C=O) groups excluding carboxylic acids is 2. The van der Waals surface area contributed by atoms with Crippen LogP contribution in [0.5, 0.6) is 11.5 Å². The molecule has 0 radical (unpaired) electrons. The quantitative estimate of drug-likeness (QED) is 0.320. The maximum Gasteiger partial charge on any atom is 0.513 e. The molecule has 0 heterocycles. The molecule has 0 amide bonds. The van der Waals surface area contributed by atoms with Gasteiger partial charge in [-0.1, -0.05) is 47.5 Å². The zero-order valence-corrected chi connectivity index (χ0v) is 15.2. The Morgan fingerprint density at radius 2 is 1.15 bits per heavy atom. The molecule has 0 unspecified atom stereocenters. The van der Waals surface area contributed by atoms with Gasteiger partial charge < -0.3 is 18.9 Å². The van der Waals surface area contributed by atoms with E-state index >= 15 is 0 Å². The average Bonchev–Trinajstić information content (AvgIpc) is 2.63. The smallest absolute Gasteiger partial charge is 0.437 e. The molecular formula is C18H12Cl2O6.